The molecule has 1 aliphatic heterocycles. The van der Waals surface area contributed by atoms with Crippen LogP contribution >= 0.6 is 0 Å². The lowest BCUT2D eigenvalue weighted by Gasteiger charge is -2.60. The van der Waals surface area contributed by atoms with Crippen molar-refractivity contribution >= 4 is 17.6 Å². The lowest BCUT2D eigenvalue weighted by molar-refractivity contribution is -0.125. The molecule has 5 fully saturated rings. The number of carbonyl (C=O) groups is 2. The van der Waals surface area contributed by atoms with Crippen LogP contribution in [0.4, 0.5) is 5.69 Å². The molecule has 0 unspecified atom stereocenters. The number of fused-ring (bicyclic) bond motifs is 2. The van der Waals surface area contributed by atoms with Gasteiger partial charge in [-0.2, -0.15) is 0 Å². The summed E-state index contributed by atoms with van der Waals surface area (Å²) in [6.07, 6.45) is 9.13. The molecular weight excluding hydrogens is 448 g/mol. The van der Waals surface area contributed by atoms with Crippen LogP contribution in [0.5, 0.6) is 0 Å². The predicted octanol–water partition coefficient (Wildman–Crippen LogP) is 6.31. The van der Waals surface area contributed by atoms with Gasteiger partial charge in [0.15, 0.2) is 0 Å². The van der Waals surface area contributed by atoms with Crippen molar-refractivity contribution in [1.29, 1.82) is 0 Å². The molecule has 5 heteroatoms. The average Bonchev–Trinajstić information content (AvgIpc) is 3.67. The first-order valence-electron chi connectivity index (χ1n) is 14.4. The minimum atomic E-state index is -0.489. The van der Waals surface area contributed by atoms with Crippen molar-refractivity contribution < 1.29 is 14.3 Å². The van der Waals surface area contributed by atoms with Gasteiger partial charge in [0, 0.05) is 31.7 Å². The van der Waals surface area contributed by atoms with E-state index < -0.39 is 5.60 Å². The van der Waals surface area contributed by atoms with Crippen molar-refractivity contribution in [3.63, 3.8) is 0 Å². The molecule has 0 radical (unpaired) electrons. The van der Waals surface area contributed by atoms with Crippen molar-refractivity contribution in [3.05, 3.63) is 29.3 Å². The zero-order valence-electron chi connectivity index (χ0n) is 23.1. The summed E-state index contributed by atoms with van der Waals surface area (Å²) in [4.78, 5) is 27.9. The quantitative estimate of drug-likeness (QED) is 0.451. The third-order valence-corrected chi connectivity index (χ3v) is 9.67. The van der Waals surface area contributed by atoms with Crippen LogP contribution in [0.3, 0.4) is 0 Å². The highest BCUT2D eigenvalue weighted by atomic mass is 16.6. The minimum absolute atomic E-state index is 0.241. The SMILES string of the molecule is CC(C)(C)OC(=O)c1ccc(N2CCC(CC(=O)NC[C@H]3CC[C@@H]4C[C@H]3C4(C)C)CC2)c(C2CC2)c1. The number of esters is 1. The van der Waals surface area contributed by atoms with Crippen LogP contribution in [-0.2, 0) is 9.53 Å². The molecule has 36 heavy (non-hydrogen) atoms. The van der Waals surface area contributed by atoms with E-state index in [1.165, 1.54) is 43.4 Å². The Balaban J connectivity index is 1.12. The third kappa shape index (κ3) is 5.45. The zero-order chi connectivity index (χ0) is 25.7. The van der Waals surface area contributed by atoms with E-state index >= 15 is 0 Å². The van der Waals surface area contributed by atoms with E-state index in [2.05, 4.69) is 36.2 Å². The first-order chi connectivity index (χ1) is 17.0. The second kappa shape index (κ2) is 9.68. The van der Waals surface area contributed by atoms with E-state index in [0.717, 1.165) is 44.3 Å². The van der Waals surface area contributed by atoms with Crippen molar-refractivity contribution in [2.24, 2.45) is 29.1 Å². The summed E-state index contributed by atoms with van der Waals surface area (Å²) in [6.45, 7) is 13.4. The van der Waals surface area contributed by atoms with Crippen LogP contribution in [0, 0.1) is 29.1 Å². The van der Waals surface area contributed by atoms with Crippen LogP contribution in [0.25, 0.3) is 0 Å². The molecule has 1 amide bonds. The molecule has 2 bridgehead atoms. The van der Waals surface area contributed by atoms with Crippen LogP contribution in [0.2, 0.25) is 0 Å². The van der Waals surface area contributed by atoms with E-state index in [4.69, 9.17) is 4.74 Å². The number of benzene rings is 1. The Kier molecular flexibility index (Phi) is 6.89. The van der Waals surface area contributed by atoms with Crippen molar-refractivity contribution in [3.8, 4) is 0 Å². The van der Waals surface area contributed by atoms with Gasteiger partial charge in [-0.15, -0.1) is 0 Å². The number of ether oxygens (including phenoxy) is 1. The van der Waals surface area contributed by atoms with Gasteiger partial charge in [0.05, 0.1) is 5.56 Å². The average molecular weight is 495 g/mol. The number of rotatable bonds is 7. The number of hydrogen-bond acceptors (Lipinski definition) is 4. The highest BCUT2D eigenvalue weighted by Crippen LogP contribution is 2.61. The highest BCUT2D eigenvalue weighted by molar-refractivity contribution is 5.90. The molecule has 1 aromatic carbocycles. The lowest BCUT2D eigenvalue weighted by Crippen LogP contribution is -2.54. The standard InChI is InChI=1S/C31H46N2O3/c1-30(2,3)36-29(35)22-9-11-27(25(17-22)21-6-7-21)33-14-12-20(13-15-33)16-28(34)32-19-23-8-10-24-18-26(23)31(24,4)5/h9,11,17,20-21,23-24,26H,6-8,10,12-16,18-19H2,1-5H3,(H,32,34)/t23-,24-,26-/m1/s1. The Morgan fingerprint density at radius 1 is 1.06 bits per heavy atom. The Hall–Kier alpha value is -2.04. The summed E-state index contributed by atoms with van der Waals surface area (Å²) < 4.78 is 5.60. The summed E-state index contributed by atoms with van der Waals surface area (Å²) in [7, 11) is 0. The number of carbonyl (C=O) groups excluding carboxylic acids is 2. The highest BCUT2D eigenvalue weighted by Gasteiger charge is 2.53. The minimum Gasteiger partial charge on any atom is -0.456 e. The molecule has 1 saturated heterocycles. The van der Waals surface area contributed by atoms with Crippen molar-refractivity contribution in [2.75, 3.05) is 24.5 Å². The molecule has 0 aromatic heterocycles. The molecule has 3 atom stereocenters. The molecule has 4 aliphatic carbocycles. The molecule has 1 N–H and O–H groups in total. The van der Waals surface area contributed by atoms with E-state index in [9.17, 15) is 9.59 Å². The Bertz CT molecular complexity index is 980. The molecule has 0 spiro atoms. The van der Waals surface area contributed by atoms with Crippen molar-refractivity contribution in [2.45, 2.75) is 97.5 Å². The van der Waals surface area contributed by atoms with E-state index in [0.29, 0.717) is 35.2 Å². The maximum atomic E-state index is 12.8. The smallest absolute Gasteiger partial charge is 0.338 e. The van der Waals surface area contributed by atoms with E-state index in [1.807, 2.05) is 26.8 Å². The topological polar surface area (TPSA) is 58.6 Å². The summed E-state index contributed by atoms with van der Waals surface area (Å²) in [5.41, 5.74) is 3.21. The maximum Gasteiger partial charge on any atom is 0.338 e. The molecule has 198 valence electrons. The Morgan fingerprint density at radius 2 is 1.78 bits per heavy atom. The van der Waals surface area contributed by atoms with Gasteiger partial charge in [0.25, 0.3) is 0 Å². The number of amides is 1. The Labute approximate surface area is 217 Å². The monoisotopic (exact) mass is 494 g/mol. The summed E-state index contributed by atoms with van der Waals surface area (Å²) in [5.74, 6) is 3.39. The maximum absolute atomic E-state index is 12.8. The van der Waals surface area contributed by atoms with Gasteiger partial charge in [-0.05, 0) is 124 Å². The first-order valence-corrected chi connectivity index (χ1v) is 14.4. The van der Waals surface area contributed by atoms with Crippen LogP contribution in [-0.4, -0.2) is 37.1 Å². The summed E-state index contributed by atoms with van der Waals surface area (Å²) in [5, 5.41) is 3.30. The normalized spacial score (nSPS) is 27.8. The Morgan fingerprint density at radius 3 is 2.39 bits per heavy atom. The number of nitrogens with one attached hydrogen (secondary N) is 1. The fraction of sp³-hybridized carbons (Fsp3) is 0.742. The third-order valence-electron chi connectivity index (χ3n) is 9.67. The molecule has 5 aliphatic rings. The van der Waals surface area contributed by atoms with Gasteiger partial charge in [0.1, 0.15) is 5.60 Å². The number of hydrogen-bond donors (Lipinski definition) is 1. The fourth-order valence-corrected chi connectivity index (χ4v) is 7.19. The van der Waals surface area contributed by atoms with Crippen LogP contribution < -0.4 is 10.2 Å². The number of piperidine rings is 1. The number of anilines is 1. The lowest BCUT2D eigenvalue weighted by atomic mass is 9.45. The van der Waals surface area contributed by atoms with E-state index in [1.54, 1.807) is 0 Å². The van der Waals surface area contributed by atoms with Crippen molar-refractivity contribution in [1.82, 2.24) is 5.32 Å². The first kappa shape index (κ1) is 25.6. The molecule has 5 nitrogen and oxygen atoms in total. The largest absolute Gasteiger partial charge is 0.456 e. The second-order valence-electron chi connectivity index (χ2n) is 13.7. The molecule has 1 heterocycles. The molecule has 1 aromatic rings. The van der Waals surface area contributed by atoms with Gasteiger partial charge < -0.3 is 15.0 Å². The molecule has 6 rings (SSSR count). The van der Waals surface area contributed by atoms with Crippen LogP contribution in [0.15, 0.2) is 18.2 Å². The van der Waals surface area contributed by atoms with Gasteiger partial charge in [-0.25, -0.2) is 4.79 Å². The predicted molar refractivity (Wildman–Crippen MR) is 144 cm³/mol. The second-order valence-corrected chi connectivity index (χ2v) is 13.7. The van der Waals surface area contributed by atoms with Gasteiger partial charge in [0.2, 0.25) is 5.91 Å². The van der Waals surface area contributed by atoms with Gasteiger partial charge >= 0.3 is 5.97 Å². The van der Waals surface area contributed by atoms with E-state index in [-0.39, 0.29) is 11.9 Å². The zero-order valence-corrected chi connectivity index (χ0v) is 23.1. The number of nitrogens with zero attached hydrogens (tertiary/aromatic N) is 1. The van der Waals surface area contributed by atoms with Crippen LogP contribution in [0.1, 0.15) is 108 Å². The fourth-order valence-electron chi connectivity index (χ4n) is 7.19. The summed E-state index contributed by atoms with van der Waals surface area (Å²) in [6, 6.07) is 6.11. The van der Waals surface area contributed by atoms with Gasteiger partial charge in [-0.1, -0.05) is 13.8 Å². The summed E-state index contributed by atoms with van der Waals surface area (Å²) >= 11 is 0. The van der Waals surface area contributed by atoms with Gasteiger partial charge in [-0.3, -0.25) is 4.79 Å². The molecule has 4 saturated carbocycles. The molecular formula is C31H46N2O3.